The standard InChI is InChI=1S/C13H11N3O5/c1-2-8-7-15(14-11(12(8)17)13(18)19)9-3-5-10(6-4-9)16(20)21/h3-7H,2H2,1H3,(H,18,19). The highest BCUT2D eigenvalue weighted by atomic mass is 16.6. The van der Waals surface area contributed by atoms with Crippen LogP contribution < -0.4 is 5.43 Å². The smallest absolute Gasteiger partial charge is 0.360 e. The van der Waals surface area contributed by atoms with E-state index < -0.39 is 22.0 Å². The van der Waals surface area contributed by atoms with Gasteiger partial charge in [-0.2, -0.15) is 5.10 Å². The Kier molecular flexibility index (Phi) is 3.79. The molecule has 0 aliphatic carbocycles. The molecule has 1 N–H and O–H groups in total. The molecule has 2 rings (SSSR count). The lowest BCUT2D eigenvalue weighted by Gasteiger charge is -2.08. The average molecular weight is 289 g/mol. The Morgan fingerprint density at radius 3 is 2.48 bits per heavy atom. The number of nitro groups is 1. The molecule has 0 spiro atoms. The SMILES string of the molecule is CCc1cn(-c2ccc([N+](=O)[O-])cc2)nc(C(=O)O)c1=O. The van der Waals surface area contributed by atoms with Crippen LogP contribution in [-0.2, 0) is 6.42 Å². The van der Waals surface area contributed by atoms with Crippen LogP contribution in [0.15, 0.2) is 35.3 Å². The molecule has 0 atom stereocenters. The van der Waals surface area contributed by atoms with Crippen molar-refractivity contribution in [2.45, 2.75) is 13.3 Å². The zero-order valence-corrected chi connectivity index (χ0v) is 11.0. The molecule has 1 heterocycles. The van der Waals surface area contributed by atoms with Crippen molar-refractivity contribution in [3.05, 3.63) is 62.1 Å². The minimum atomic E-state index is -1.41. The monoisotopic (exact) mass is 289 g/mol. The van der Waals surface area contributed by atoms with Crippen LogP contribution in [-0.4, -0.2) is 25.8 Å². The van der Waals surface area contributed by atoms with Crippen molar-refractivity contribution < 1.29 is 14.8 Å². The minimum Gasteiger partial charge on any atom is -0.476 e. The summed E-state index contributed by atoms with van der Waals surface area (Å²) >= 11 is 0. The van der Waals surface area contributed by atoms with Gasteiger partial charge in [-0.05, 0) is 18.6 Å². The van der Waals surface area contributed by atoms with Crippen LogP contribution in [0.5, 0.6) is 0 Å². The Hall–Kier alpha value is -3.03. The fourth-order valence-electron chi connectivity index (χ4n) is 1.79. The summed E-state index contributed by atoms with van der Waals surface area (Å²) < 4.78 is 1.23. The molecule has 0 fully saturated rings. The highest BCUT2D eigenvalue weighted by Crippen LogP contribution is 2.14. The van der Waals surface area contributed by atoms with Gasteiger partial charge in [0.2, 0.25) is 11.1 Å². The lowest BCUT2D eigenvalue weighted by Crippen LogP contribution is -2.24. The molecule has 0 aliphatic heterocycles. The minimum absolute atomic E-state index is 0.0889. The number of aryl methyl sites for hydroxylation is 1. The van der Waals surface area contributed by atoms with Crippen LogP contribution in [0.3, 0.4) is 0 Å². The lowest BCUT2D eigenvalue weighted by molar-refractivity contribution is -0.384. The molecule has 1 aromatic carbocycles. The van der Waals surface area contributed by atoms with Gasteiger partial charge in [-0.3, -0.25) is 14.9 Å². The normalized spacial score (nSPS) is 10.3. The van der Waals surface area contributed by atoms with E-state index in [1.807, 2.05) is 0 Å². The van der Waals surface area contributed by atoms with Crippen molar-refractivity contribution in [3.8, 4) is 5.69 Å². The number of aromatic nitrogens is 2. The molecule has 0 saturated heterocycles. The third-order valence-corrected chi connectivity index (χ3v) is 2.90. The zero-order chi connectivity index (χ0) is 15.6. The Morgan fingerprint density at radius 1 is 1.38 bits per heavy atom. The number of non-ortho nitro benzene ring substituents is 1. The number of rotatable bonds is 4. The molecular weight excluding hydrogens is 278 g/mol. The summed E-state index contributed by atoms with van der Waals surface area (Å²) in [6.07, 6.45) is 1.78. The number of nitro benzene ring substituents is 1. The topological polar surface area (TPSA) is 115 Å². The number of hydrogen-bond donors (Lipinski definition) is 1. The summed E-state index contributed by atoms with van der Waals surface area (Å²) in [5.74, 6) is -1.41. The van der Waals surface area contributed by atoms with Gasteiger partial charge in [0.1, 0.15) is 0 Å². The van der Waals surface area contributed by atoms with E-state index in [-0.39, 0.29) is 5.69 Å². The number of carboxylic acid groups (broad SMARTS) is 1. The number of benzene rings is 1. The number of nitrogens with zero attached hydrogens (tertiary/aromatic N) is 3. The maximum Gasteiger partial charge on any atom is 0.360 e. The highest BCUT2D eigenvalue weighted by molar-refractivity contribution is 5.85. The van der Waals surface area contributed by atoms with E-state index in [2.05, 4.69) is 5.10 Å². The molecule has 8 heteroatoms. The quantitative estimate of drug-likeness (QED) is 0.672. The Balaban J connectivity index is 2.58. The van der Waals surface area contributed by atoms with Crippen LogP contribution in [0.4, 0.5) is 5.69 Å². The second-order valence-corrected chi connectivity index (χ2v) is 4.21. The van der Waals surface area contributed by atoms with E-state index >= 15 is 0 Å². The molecule has 0 bridgehead atoms. The van der Waals surface area contributed by atoms with Crippen molar-refractivity contribution in [2.75, 3.05) is 0 Å². The first-order valence-corrected chi connectivity index (χ1v) is 6.05. The highest BCUT2D eigenvalue weighted by Gasteiger charge is 2.16. The Labute approximate surface area is 118 Å². The first kappa shape index (κ1) is 14.4. The number of hydrogen-bond acceptors (Lipinski definition) is 5. The molecule has 0 saturated carbocycles. The van der Waals surface area contributed by atoms with Crippen LogP contribution in [0.25, 0.3) is 5.69 Å². The second kappa shape index (κ2) is 5.53. The zero-order valence-electron chi connectivity index (χ0n) is 11.0. The average Bonchev–Trinajstić information content (AvgIpc) is 2.47. The molecule has 0 amide bonds. The van der Waals surface area contributed by atoms with E-state index in [0.29, 0.717) is 17.7 Å². The molecule has 1 aromatic heterocycles. The van der Waals surface area contributed by atoms with Crippen molar-refractivity contribution in [3.63, 3.8) is 0 Å². The second-order valence-electron chi connectivity index (χ2n) is 4.21. The maximum atomic E-state index is 11.8. The van der Waals surface area contributed by atoms with Gasteiger partial charge in [0.05, 0.1) is 10.6 Å². The van der Waals surface area contributed by atoms with Crippen LogP contribution in [0.2, 0.25) is 0 Å². The van der Waals surface area contributed by atoms with Gasteiger partial charge in [-0.25, -0.2) is 9.48 Å². The predicted octanol–water partition coefficient (Wildman–Crippen LogP) is 1.40. The summed E-state index contributed by atoms with van der Waals surface area (Å²) in [4.78, 5) is 32.9. The van der Waals surface area contributed by atoms with Gasteiger partial charge in [0.25, 0.3) is 5.69 Å². The molecule has 21 heavy (non-hydrogen) atoms. The third-order valence-electron chi connectivity index (χ3n) is 2.90. The van der Waals surface area contributed by atoms with Crippen molar-refractivity contribution >= 4 is 11.7 Å². The van der Waals surface area contributed by atoms with Gasteiger partial charge in [0.15, 0.2) is 0 Å². The van der Waals surface area contributed by atoms with E-state index in [1.54, 1.807) is 6.92 Å². The van der Waals surface area contributed by atoms with Gasteiger partial charge in [-0.1, -0.05) is 6.92 Å². The number of carbonyl (C=O) groups is 1. The van der Waals surface area contributed by atoms with Crippen LogP contribution >= 0.6 is 0 Å². The molecule has 0 unspecified atom stereocenters. The molecule has 108 valence electrons. The van der Waals surface area contributed by atoms with Gasteiger partial charge in [0, 0.05) is 23.9 Å². The molecule has 2 aromatic rings. The van der Waals surface area contributed by atoms with Gasteiger partial charge in [-0.15, -0.1) is 0 Å². The Bertz CT molecular complexity index is 764. The number of carboxylic acids is 1. The summed E-state index contributed by atoms with van der Waals surface area (Å²) in [6.45, 7) is 1.72. The van der Waals surface area contributed by atoms with Gasteiger partial charge >= 0.3 is 5.97 Å². The first-order valence-electron chi connectivity index (χ1n) is 6.05. The fraction of sp³-hybridized carbons (Fsp3) is 0.154. The summed E-state index contributed by atoms with van der Waals surface area (Å²) in [5, 5.41) is 23.4. The number of aromatic carboxylic acids is 1. The van der Waals surface area contributed by atoms with E-state index in [9.17, 15) is 19.7 Å². The Morgan fingerprint density at radius 2 is 2.00 bits per heavy atom. The summed E-state index contributed by atoms with van der Waals surface area (Å²) in [7, 11) is 0. The molecular formula is C13H11N3O5. The first-order chi connectivity index (χ1) is 9.93. The lowest BCUT2D eigenvalue weighted by atomic mass is 10.2. The van der Waals surface area contributed by atoms with E-state index in [4.69, 9.17) is 5.11 Å². The van der Waals surface area contributed by atoms with Crippen LogP contribution in [0, 0.1) is 10.1 Å². The summed E-state index contributed by atoms with van der Waals surface area (Å²) in [5.41, 5.74) is -0.552. The predicted molar refractivity (Wildman–Crippen MR) is 72.8 cm³/mol. The van der Waals surface area contributed by atoms with Crippen molar-refractivity contribution in [1.82, 2.24) is 9.78 Å². The summed E-state index contributed by atoms with van der Waals surface area (Å²) in [6, 6.07) is 5.42. The maximum absolute atomic E-state index is 11.8. The molecule has 0 radical (unpaired) electrons. The molecule has 8 nitrogen and oxygen atoms in total. The van der Waals surface area contributed by atoms with Gasteiger partial charge < -0.3 is 5.11 Å². The third kappa shape index (κ3) is 2.78. The van der Waals surface area contributed by atoms with Crippen molar-refractivity contribution in [2.24, 2.45) is 0 Å². The van der Waals surface area contributed by atoms with Crippen molar-refractivity contribution in [1.29, 1.82) is 0 Å². The van der Waals surface area contributed by atoms with E-state index in [0.717, 1.165) is 0 Å². The molecule has 0 aliphatic rings. The largest absolute Gasteiger partial charge is 0.476 e. The van der Waals surface area contributed by atoms with Crippen LogP contribution in [0.1, 0.15) is 23.0 Å². The van der Waals surface area contributed by atoms with E-state index in [1.165, 1.54) is 35.1 Å². The fourth-order valence-corrected chi connectivity index (χ4v) is 1.79.